The standard InChI is InChI=1S/C12H12N2O3/c1-2-9-6-12(15)13(8-9)10-4-3-5-11(7-10)14(16)17/h2-5,7,9H,1,6,8H2. The molecule has 5 nitrogen and oxygen atoms in total. The maximum Gasteiger partial charge on any atom is 0.271 e. The molecule has 0 N–H and O–H groups in total. The molecule has 0 radical (unpaired) electrons. The Morgan fingerprint density at radius 1 is 1.53 bits per heavy atom. The molecule has 1 aromatic rings. The molecule has 0 spiro atoms. The summed E-state index contributed by atoms with van der Waals surface area (Å²) in [6.07, 6.45) is 2.17. The summed E-state index contributed by atoms with van der Waals surface area (Å²) in [4.78, 5) is 23.5. The van der Waals surface area contributed by atoms with Crippen LogP contribution in [0.3, 0.4) is 0 Å². The first-order valence-electron chi connectivity index (χ1n) is 5.29. The van der Waals surface area contributed by atoms with Crippen LogP contribution in [0.5, 0.6) is 0 Å². The molecule has 1 saturated heterocycles. The van der Waals surface area contributed by atoms with Crippen LogP contribution in [0.15, 0.2) is 36.9 Å². The maximum absolute atomic E-state index is 11.7. The zero-order valence-electron chi connectivity index (χ0n) is 9.20. The second-order valence-electron chi connectivity index (χ2n) is 3.98. The molecule has 1 atom stereocenters. The van der Waals surface area contributed by atoms with E-state index in [1.54, 1.807) is 23.1 Å². The Morgan fingerprint density at radius 2 is 2.29 bits per heavy atom. The van der Waals surface area contributed by atoms with E-state index in [1.165, 1.54) is 12.1 Å². The van der Waals surface area contributed by atoms with Gasteiger partial charge in [0.25, 0.3) is 5.69 Å². The Bertz CT molecular complexity index is 484. The summed E-state index contributed by atoms with van der Waals surface area (Å²) in [6, 6.07) is 6.12. The van der Waals surface area contributed by atoms with Crippen molar-refractivity contribution < 1.29 is 9.72 Å². The second-order valence-corrected chi connectivity index (χ2v) is 3.98. The van der Waals surface area contributed by atoms with Gasteiger partial charge in [-0.15, -0.1) is 6.58 Å². The number of nitro groups is 1. The summed E-state index contributed by atoms with van der Waals surface area (Å²) in [7, 11) is 0. The fourth-order valence-electron chi connectivity index (χ4n) is 1.92. The molecule has 1 aliphatic rings. The lowest BCUT2D eigenvalue weighted by atomic mass is 10.1. The van der Waals surface area contributed by atoms with Crippen LogP contribution in [0.1, 0.15) is 6.42 Å². The summed E-state index contributed by atoms with van der Waals surface area (Å²) in [5, 5.41) is 10.7. The molecule has 1 aliphatic heterocycles. The van der Waals surface area contributed by atoms with Gasteiger partial charge in [0.15, 0.2) is 0 Å². The minimum Gasteiger partial charge on any atom is -0.312 e. The summed E-state index contributed by atoms with van der Waals surface area (Å²) in [5.41, 5.74) is 0.575. The van der Waals surface area contributed by atoms with Crippen molar-refractivity contribution in [3.05, 3.63) is 47.0 Å². The fraction of sp³-hybridized carbons (Fsp3) is 0.250. The third kappa shape index (κ3) is 2.18. The molecule has 1 fully saturated rings. The van der Waals surface area contributed by atoms with Gasteiger partial charge in [-0.1, -0.05) is 12.1 Å². The second kappa shape index (κ2) is 4.37. The van der Waals surface area contributed by atoms with Crippen molar-refractivity contribution in [3.63, 3.8) is 0 Å². The number of hydrogen-bond acceptors (Lipinski definition) is 3. The van der Waals surface area contributed by atoms with Gasteiger partial charge in [0.1, 0.15) is 0 Å². The first-order chi connectivity index (χ1) is 8.11. The number of non-ortho nitro benzene ring substituents is 1. The molecule has 0 aliphatic carbocycles. The zero-order chi connectivity index (χ0) is 12.4. The minimum absolute atomic E-state index is 0.00245. The van der Waals surface area contributed by atoms with Crippen LogP contribution in [0.2, 0.25) is 0 Å². The van der Waals surface area contributed by atoms with Crippen molar-refractivity contribution in [1.82, 2.24) is 0 Å². The Kier molecular flexibility index (Phi) is 2.91. The molecule has 88 valence electrons. The van der Waals surface area contributed by atoms with Crippen LogP contribution < -0.4 is 4.90 Å². The van der Waals surface area contributed by atoms with E-state index in [4.69, 9.17) is 0 Å². The molecular weight excluding hydrogens is 220 g/mol. The lowest BCUT2D eigenvalue weighted by Gasteiger charge is -2.15. The number of carbonyl (C=O) groups is 1. The maximum atomic E-state index is 11.7. The minimum atomic E-state index is -0.463. The summed E-state index contributed by atoms with van der Waals surface area (Å²) < 4.78 is 0. The van der Waals surface area contributed by atoms with E-state index in [0.29, 0.717) is 18.7 Å². The number of carbonyl (C=O) groups excluding carboxylic acids is 1. The first-order valence-corrected chi connectivity index (χ1v) is 5.29. The van der Waals surface area contributed by atoms with Crippen LogP contribution in [-0.4, -0.2) is 17.4 Å². The first kappa shape index (κ1) is 11.3. The van der Waals surface area contributed by atoms with Crippen molar-refractivity contribution in [3.8, 4) is 0 Å². The highest BCUT2D eigenvalue weighted by Crippen LogP contribution is 2.27. The molecule has 17 heavy (non-hydrogen) atoms. The molecule has 1 aromatic carbocycles. The quantitative estimate of drug-likeness (QED) is 0.455. The van der Waals surface area contributed by atoms with Crippen LogP contribution in [0.4, 0.5) is 11.4 Å². The molecule has 1 heterocycles. The number of nitrogens with zero attached hydrogens (tertiary/aromatic N) is 2. The van der Waals surface area contributed by atoms with E-state index in [1.807, 2.05) is 0 Å². The molecular formula is C12H12N2O3. The van der Waals surface area contributed by atoms with Crippen molar-refractivity contribution in [1.29, 1.82) is 0 Å². The average Bonchev–Trinajstić information content (AvgIpc) is 2.71. The van der Waals surface area contributed by atoms with E-state index < -0.39 is 4.92 Å². The van der Waals surface area contributed by atoms with Gasteiger partial charge in [-0.25, -0.2) is 0 Å². The molecule has 5 heteroatoms. The molecule has 0 aromatic heterocycles. The topological polar surface area (TPSA) is 63.5 Å². The average molecular weight is 232 g/mol. The van der Waals surface area contributed by atoms with E-state index >= 15 is 0 Å². The summed E-state index contributed by atoms with van der Waals surface area (Å²) in [6.45, 7) is 4.21. The van der Waals surface area contributed by atoms with Crippen molar-refractivity contribution >= 4 is 17.3 Å². The number of benzene rings is 1. The Hall–Kier alpha value is -2.17. The smallest absolute Gasteiger partial charge is 0.271 e. The van der Waals surface area contributed by atoms with Gasteiger partial charge in [-0.2, -0.15) is 0 Å². The summed E-state index contributed by atoms with van der Waals surface area (Å²) >= 11 is 0. The zero-order valence-corrected chi connectivity index (χ0v) is 9.20. The predicted molar refractivity (Wildman–Crippen MR) is 63.8 cm³/mol. The van der Waals surface area contributed by atoms with Crippen LogP contribution in [0, 0.1) is 16.0 Å². The Morgan fingerprint density at radius 3 is 2.88 bits per heavy atom. The van der Waals surface area contributed by atoms with Gasteiger partial charge >= 0.3 is 0 Å². The molecule has 2 rings (SSSR count). The van der Waals surface area contributed by atoms with E-state index in [2.05, 4.69) is 6.58 Å². The summed E-state index contributed by atoms with van der Waals surface area (Å²) in [5.74, 6) is 0.108. The fourth-order valence-corrected chi connectivity index (χ4v) is 1.92. The monoisotopic (exact) mass is 232 g/mol. The molecule has 1 amide bonds. The van der Waals surface area contributed by atoms with E-state index in [9.17, 15) is 14.9 Å². The van der Waals surface area contributed by atoms with E-state index in [0.717, 1.165) is 0 Å². The van der Waals surface area contributed by atoms with Crippen LogP contribution in [-0.2, 0) is 4.79 Å². The molecule has 0 bridgehead atoms. The van der Waals surface area contributed by atoms with Crippen molar-refractivity contribution in [2.45, 2.75) is 6.42 Å². The molecule has 0 saturated carbocycles. The normalized spacial score (nSPS) is 19.4. The largest absolute Gasteiger partial charge is 0.312 e. The van der Waals surface area contributed by atoms with Crippen molar-refractivity contribution in [2.75, 3.05) is 11.4 Å². The number of amides is 1. The van der Waals surface area contributed by atoms with Gasteiger partial charge in [0.05, 0.1) is 10.6 Å². The van der Waals surface area contributed by atoms with E-state index in [-0.39, 0.29) is 17.5 Å². The van der Waals surface area contributed by atoms with Crippen LogP contribution in [0.25, 0.3) is 0 Å². The third-order valence-corrected chi connectivity index (χ3v) is 2.84. The number of rotatable bonds is 3. The highest BCUT2D eigenvalue weighted by Gasteiger charge is 2.29. The molecule has 1 unspecified atom stereocenters. The van der Waals surface area contributed by atoms with Crippen LogP contribution >= 0.6 is 0 Å². The van der Waals surface area contributed by atoms with Gasteiger partial charge in [-0.3, -0.25) is 14.9 Å². The lowest BCUT2D eigenvalue weighted by Crippen LogP contribution is -2.24. The lowest BCUT2D eigenvalue weighted by molar-refractivity contribution is -0.384. The Labute approximate surface area is 98.5 Å². The number of hydrogen-bond donors (Lipinski definition) is 0. The highest BCUT2D eigenvalue weighted by molar-refractivity contribution is 5.96. The van der Waals surface area contributed by atoms with Gasteiger partial charge < -0.3 is 4.90 Å². The highest BCUT2D eigenvalue weighted by atomic mass is 16.6. The third-order valence-electron chi connectivity index (χ3n) is 2.84. The van der Waals surface area contributed by atoms with Gasteiger partial charge in [0, 0.05) is 31.0 Å². The Balaban J connectivity index is 2.28. The van der Waals surface area contributed by atoms with Gasteiger partial charge in [-0.05, 0) is 6.07 Å². The SMILES string of the molecule is C=CC1CC(=O)N(c2cccc([N+](=O)[O-])c2)C1. The number of nitro benzene ring substituents is 1. The van der Waals surface area contributed by atoms with Gasteiger partial charge in [0.2, 0.25) is 5.91 Å². The van der Waals surface area contributed by atoms with Crippen molar-refractivity contribution in [2.24, 2.45) is 5.92 Å². The number of anilines is 1. The predicted octanol–water partition coefficient (Wildman–Crippen LogP) is 2.13.